The minimum Gasteiger partial charge on any atom is -0.493 e. The minimum atomic E-state index is -0.0854. The number of aromatic nitrogens is 1. The van der Waals surface area contributed by atoms with Gasteiger partial charge in [0.2, 0.25) is 5.88 Å². The van der Waals surface area contributed by atoms with Gasteiger partial charge in [-0.15, -0.1) is 0 Å². The maximum Gasteiger partial charge on any atom is 0.255 e. The summed E-state index contributed by atoms with van der Waals surface area (Å²) in [7, 11) is 0. The monoisotopic (exact) mass is 374 g/mol. The van der Waals surface area contributed by atoms with Crippen LogP contribution in [-0.4, -0.2) is 29.6 Å². The van der Waals surface area contributed by atoms with Gasteiger partial charge in [-0.05, 0) is 50.8 Å². The zero-order chi connectivity index (χ0) is 18.4. The van der Waals surface area contributed by atoms with E-state index in [1.165, 1.54) is 0 Å². The lowest BCUT2D eigenvalue weighted by molar-refractivity contribution is 0.0886. The zero-order valence-corrected chi connectivity index (χ0v) is 15.5. The van der Waals surface area contributed by atoms with Gasteiger partial charge in [-0.2, -0.15) is 0 Å². The van der Waals surface area contributed by atoms with Crippen molar-refractivity contribution in [2.24, 2.45) is 0 Å². The van der Waals surface area contributed by atoms with Crippen molar-refractivity contribution in [1.82, 2.24) is 10.3 Å². The number of carbonyl (C=O) groups excluding carboxylic acids is 1. The molecule has 1 heterocycles. The van der Waals surface area contributed by atoms with E-state index >= 15 is 0 Å². The predicted molar refractivity (Wildman–Crippen MR) is 101 cm³/mol. The minimum absolute atomic E-state index is 0.0854. The largest absolute Gasteiger partial charge is 0.493 e. The van der Waals surface area contributed by atoms with Crippen LogP contribution in [0.4, 0.5) is 0 Å². The Kier molecular flexibility index (Phi) is 6.34. The first-order valence-corrected chi connectivity index (χ1v) is 9.34. The van der Waals surface area contributed by atoms with E-state index in [0.29, 0.717) is 28.8 Å². The van der Waals surface area contributed by atoms with Crippen LogP contribution in [0.25, 0.3) is 0 Å². The van der Waals surface area contributed by atoms with Crippen LogP contribution in [0.2, 0.25) is 5.02 Å². The number of nitrogens with one attached hydrogen (secondary N) is 1. The smallest absolute Gasteiger partial charge is 0.255 e. The molecule has 1 fully saturated rings. The summed E-state index contributed by atoms with van der Waals surface area (Å²) in [6.07, 6.45) is 5.21. The van der Waals surface area contributed by atoms with Gasteiger partial charge in [0, 0.05) is 18.3 Å². The van der Waals surface area contributed by atoms with Gasteiger partial charge in [-0.25, -0.2) is 4.98 Å². The highest BCUT2D eigenvalue weighted by Gasteiger charge is 2.25. The summed E-state index contributed by atoms with van der Waals surface area (Å²) in [5.74, 6) is 1.13. The number of para-hydroxylation sites is 1. The van der Waals surface area contributed by atoms with Crippen LogP contribution >= 0.6 is 11.6 Å². The molecule has 1 aromatic heterocycles. The zero-order valence-electron chi connectivity index (χ0n) is 14.8. The molecule has 1 N–H and O–H groups in total. The molecule has 26 heavy (non-hydrogen) atoms. The molecule has 0 radical (unpaired) electrons. The van der Waals surface area contributed by atoms with Crippen LogP contribution in [0.5, 0.6) is 11.6 Å². The Morgan fingerprint density at radius 3 is 2.65 bits per heavy atom. The van der Waals surface area contributed by atoms with E-state index in [2.05, 4.69) is 10.3 Å². The molecule has 1 amide bonds. The van der Waals surface area contributed by atoms with Gasteiger partial charge in [-0.3, -0.25) is 4.79 Å². The fourth-order valence-corrected chi connectivity index (χ4v) is 3.24. The lowest BCUT2D eigenvalue weighted by Gasteiger charge is -2.29. The first-order chi connectivity index (χ1) is 12.7. The van der Waals surface area contributed by atoms with Gasteiger partial charge in [0.15, 0.2) is 0 Å². The van der Waals surface area contributed by atoms with E-state index in [9.17, 15) is 4.79 Å². The van der Waals surface area contributed by atoms with Crippen LogP contribution in [0, 0.1) is 0 Å². The fourth-order valence-electron chi connectivity index (χ4n) is 3.13. The summed E-state index contributed by atoms with van der Waals surface area (Å²) in [6, 6.07) is 11.0. The number of ether oxygens (including phenoxy) is 2. The van der Waals surface area contributed by atoms with Gasteiger partial charge >= 0.3 is 0 Å². The molecule has 1 aliphatic rings. The van der Waals surface area contributed by atoms with Crippen molar-refractivity contribution in [2.45, 2.75) is 44.8 Å². The Bertz CT molecular complexity index is 728. The second-order valence-corrected chi connectivity index (χ2v) is 6.75. The summed E-state index contributed by atoms with van der Waals surface area (Å²) in [6.45, 7) is 2.44. The number of carbonyl (C=O) groups is 1. The summed E-state index contributed by atoms with van der Waals surface area (Å²) in [5, 5.41) is 3.71. The molecule has 5 nitrogen and oxygen atoms in total. The molecule has 1 aliphatic carbocycles. The third kappa shape index (κ3) is 4.88. The van der Waals surface area contributed by atoms with E-state index in [0.717, 1.165) is 25.7 Å². The summed E-state index contributed by atoms with van der Waals surface area (Å²) in [4.78, 5) is 16.7. The van der Waals surface area contributed by atoms with Crippen LogP contribution < -0.4 is 14.8 Å². The van der Waals surface area contributed by atoms with Crippen molar-refractivity contribution >= 4 is 17.5 Å². The highest BCUT2D eigenvalue weighted by Crippen LogP contribution is 2.24. The van der Waals surface area contributed by atoms with E-state index in [1.807, 2.05) is 25.1 Å². The second-order valence-electron chi connectivity index (χ2n) is 6.31. The molecule has 3 rings (SSSR count). The molecular formula is C20H23ClN2O3. The molecule has 0 spiro atoms. The molecule has 138 valence electrons. The first-order valence-electron chi connectivity index (χ1n) is 8.96. The fraction of sp³-hybridized carbons (Fsp3) is 0.400. The van der Waals surface area contributed by atoms with Gasteiger partial charge in [0.25, 0.3) is 5.91 Å². The van der Waals surface area contributed by atoms with E-state index in [1.54, 1.807) is 24.4 Å². The Labute approximate surface area is 158 Å². The van der Waals surface area contributed by atoms with Crippen molar-refractivity contribution in [3.63, 3.8) is 0 Å². The Hall–Kier alpha value is -2.27. The highest BCUT2D eigenvalue weighted by atomic mass is 35.5. The number of hydrogen-bond acceptors (Lipinski definition) is 4. The Balaban J connectivity index is 1.51. The first kappa shape index (κ1) is 18.5. The number of benzene rings is 1. The quantitative estimate of drug-likeness (QED) is 0.820. The number of pyridine rings is 1. The van der Waals surface area contributed by atoms with Crippen LogP contribution in [-0.2, 0) is 0 Å². The molecular weight excluding hydrogens is 352 g/mol. The predicted octanol–water partition coefficient (Wildman–Crippen LogP) is 4.25. The second kappa shape index (κ2) is 8.90. The molecule has 1 saturated carbocycles. The molecule has 1 aromatic carbocycles. The standard InChI is InChI=1S/C20H23ClN2O3/c1-2-25-18-6-4-3-5-17(18)20(24)23-15-8-10-16(11-9-15)26-19-12-7-14(21)13-22-19/h3-7,12-13,15-16H,2,8-11H2,1H3,(H,23,24). The Morgan fingerprint density at radius 2 is 1.96 bits per heavy atom. The third-order valence-corrected chi connectivity index (χ3v) is 4.65. The topological polar surface area (TPSA) is 60.5 Å². The van der Waals surface area contributed by atoms with Gasteiger partial charge in [-0.1, -0.05) is 23.7 Å². The maximum absolute atomic E-state index is 12.6. The summed E-state index contributed by atoms with van der Waals surface area (Å²) >= 11 is 5.84. The molecule has 0 saturated heterocycles. The number of halogens is 1. The van der Waals surface area contributed by atoms with E-state index in [4.69, 9.17) is 21.1 Å². The summed E-state index contributed by atoms with van der Waals surface area (Å²) < 4.78 is 11.4. The Morgan fingerprint density at radius 1 is 1.19 bits per heavy atom. The molecule has 0 aliphatic heterocycles. The molecule has 2 aromatic rings. The van der Waals surface area contributed by atoms with Gasteiger partial charge < -0.3 is 14.8 Å². The maximum atomic E-state index is 12.6. The summed E-state index contributed by atoms with van der Waals surface area (Å²) in [5.41, 5.74) is 0.582. The van der Waals surface area contributed by atoms with Crippen molar-refractivity contribution in [2.75, 3.05) is 6.61 Å². The lowest BCUT2D eigenvalue weighted by Crippen LogP contribution is -2.39. The average Bonchev–Trinajstić information content (AvgIpc) is 2.66. The normalized spacial score (nSPS) is 19.6. The lowest BCUT2D eigenvalue weighted by atomic mass is 9.92. The SMILES string of the molecule is CCOc1ccccc1C(=O)NC1CCC(Oc2ccc(Cl)cn2)CC1. The van der Waals surface area contributed by atoms with Crippen LogP contribution in [0.3, 0.4) is 0 Å². The van der Waals surface area contributed by atoms with E-state index < -0.39 is 0 Å². The van der Waals surface area contributed by atoms with Gasteiger partial charge in [0.05, 0.1) is 17.2 Å². The van der Waals surface area contributed by atoms with Gasteiger partial charge in [0.1, 0.15) is 11.9 Å². The molecule has 0 unspecified atom stereocenters. The highest BCUT2D eigenvalue weighted by molar-refractivity contribution is 6.30. The van der Waals surface area contributed by atoms with Crippen molar-refractivity contribution in [3.8, 4) is 11.6 Å². The van der Waals surface area contributed by atoms with Crippen LogP contribution in [0.15, 0.2) is 42.6 Å². The third-order valence-electron chi connectivity index (χ3n) is 4.43. The van der Waals surface area contributed by atoms with Crippen molar-refractivity contribution < 1.29 is 14.3 Å². The van der Waals surface area contributed by atoms with Crippen molar-refractivity contribution in [1.29, 1.82) is 0 Å². The average molecular weight is 375 g/mol. The molecule has 0 bridgehead atoms. The molecule has 0 atom stereocenters. The number of rotatable bonds is 6. The number of amides is 1. The molecule has 6 heteroatoms. The van der Waals surface area contributed by atoms with Crippen molar-refractivity contribution in [3.05, 3.63) is 53.2 Å². The number of hydrogen-bond donors (Lipinski definition) is 1. The van der Waals surface area contributed by atoms with E-state index in [-0.39, 0.29) is 18.1 Å². The number of nitrogens with zero attached hydrogens (tertiary/aromatic N) is 1. The van der Waals surface area contributed by atoms with Crippen LogP contribution in [0.1, 0.15) is 43.0 Å².